The number of hydrogen-bond donors (Lipinski definition) is 1. The topological polar surface area (TPSA) is 20.2 Å². The Kier molecular flexibility index (Phi) is 3.78. The minimum absolute atomic E-state index is 0.106. The minimum atomic E-state index is -0.106. The van der Waals surface area contributed by atoms with Crippen molar-refractivity contribution in [2.24, 2.45) is 11.3 Å². The highest BCUT2D eigenvalue weighted by atomic mass is 16.3. The van der Waals surface area contributed by atoms with Crippen LogP contribution < -0.4 is 0 Å². The highest BCUT2D eigenvalue weighted by Gasteiger charge is 2.27. The predicted molar refractivity (Wildman–Crippen MR) is 56.7 cm³/mol. The molecule has 1 nitrogen and oxygen atoms in total. The van der Waals surface area contributed by atoms with Gasteiger partial charge in [0.1, 0.15) is 0 Å². The van der Waals surface area contributed by atoms with E-state index in [4.69, 9.17) is 0 Å². The summed E-state index contributed by atoms with van der Waals surface area (Å²) in [5.41, 5.74) is 0.557. The molecule has 1 rings (SSSR count). The molecule has 0 heterocycles. The summed E-state index contributed by atoms with van der Waals surface area (Å²) in [4.78, 5) is 0. The molecule has 2 atom stereocenters. The van der Waals surface area contributed by atoms with Gasteiger partial charge in [0, 0.05) is 0 Å². The molecule has 0 bridgehead atoms. The molecule has 0 radical (unpaired) electrons. The average molecular weight is 184 g/mol. The zero-order valence-corrected chi connectivity index (χ0v) is 9.34. The van der Waals surface area contributed by atoms with E-state index in [0.29, 0.717) is 5.41 Å². The van der Waals surface area contributed by atoms with E-state index in [2.05, 4.69) is 13.8 Å². The molecule has 1 N–H and O–H groups in total. The zero-order valence-electron chi connectivity index (χ0n) is 9.34. The van der Waals surface area contributed by atoms with E-state index in [-0.39, 0.29) is 6.10 Å². The Hall–Kier alpha value is -0.0400. The smallest absolute Gasteiger partial charge is 0.0512 e. The van der Waals surface area contributed by atoms with Crippen LogP contribution in [0.25, 0.3) is 0 Å². The number of rotatable bonds is 3. The molecule has 1 unspecified atom stereocenters. The lowest BCUT2D eigenvalue weighted by Gasteiger charge is -2.35. The van der Waals surface area contributed by atoms with E-state index in [1.54, 1.807) is 0 Å². The first-order valence-corrected chi connectivity index (χ1v) is 5.68. The van der Waals surface area contributed by atoms with Gasteiger partial charge in [-0.25, -0.2) is 0 Å². The van der Waals surface area contributed by atoms with Crippen molar-refractivity contribution < 1.29 is 5.11 Å². The summed E-state index contributed by atoms with van der Waals surface area (Å²) in [7, 11) is 0. The van der Waals surface area contributed by atoms with Crippen LogP contribution in [-0.2, 0) is 0 Å². The third-order valence-electron chi connectivity index (χ3n) is 3.30. The fourth-order valence-electron chi connectivity index (χ4n) is 2.58. The normalized spacial score (nSPS) is 30.0. The molecule has 1 aliphatic rings. The first-order chi connectivity index (χ1) is 5.99. The highest BCUT2D eigenvalue weighted by Crippen LogP contribution is 2.40. The van der Waals surface area contributed by atoms with Crippen LogP contribution in [0, 0.1) is 11.3 Å². The van der Waals surface area contributed by atoms with Crippen molar-refractivity contribution in [2.45, 2.75) is 65.4 Å². The van der Waals surface area contributed by atoms with E-state index < -0.39 is 0 Å². The van der Waals surface area contributed by atoms with Gasteiger partial charge in [-0.3, -0.25) is 0 Å². The van der Waals surface area contributed by atoms with Gasteiger partial charge in [0.25, 0.3) is 0 Å². The van der Waals surface area contributed by atoms with E-state index >= 15 is 0 Å². The van der Waals surface area contributed by atoms with Gasteiger partial charge in [-0.1, -0.05) is 26.7 Å². The van der Waals surface area contributed by atoms with Crippen LogP contribution in [0.4, 0.5) is 0 Å². The van der Waals surface area contributed by atoms with Gasteiger partial charge in [0.2, 0.25) is 0 Å². The molecule has 1 aliphatic carbocycles. The molecule has 0 spiro atoms. The van der Waals surface area contributed by atoms with Crippen LogP contribution in [0.15, 0.2) is 0 Å². The first-order valence-electron chi connectivity index (χ1n) is 5.68. The fraction of sp³-hybridized carbons (Fsp3) is 1.00. The van der Waals surface area contributed by atoms with Gasteiger partial charge in [0.15, 0.2) is 0 Å². The maximum atomic E-state index is 9.21. The number of hydrogen-bond acceptors (Lipinski definition) is 1. The lowest BCUT2D eigenvalue weighted by Crippen LogP contribution is -2.23. The van der Waals surface area contributed by atoms with Crippen LogP contribution in [0.3, 0.4) is 0 Å². The Morgan fingerprint density at radius 1 is 1.46 bits per heavy atom. The Bertz CT molecular complexity index is 149. The number of aliphatic hydroxyl groups is 1. The average Bonchev–Trinajstić information content (AvgIpc) is 1.99. The summed E-state index contributed by atoms with van der Waals surface area (Å²) in [6.07, 6.45) is 7.62. The summed E-state index contributed by atoms with van der Waals surface area (Å²) in [6, 6.07) is 0. The third-order valence-corrected chi connectivity index (χ3v) is 3.30. The van der Waals surface area contributed by atoms with Crippen molar-refractivity contribution in [3.05, 3.63) is 0 Å². The third kappa shape index (κ3) is 4.12. The van der Waals surface area contributed by atoms with Gasteiger partial charge >= 0.3 is 0 Å². The second-order valence-electron chi connectivity index (χ2n) is 5.55. The van der Waals surface area contributed by atoms with Gasteiger partial charge in [-0.15, -0.1) is 0 Å². The Morgan fingerprint density at radius 3 is 2.69 bits per heavy atom. The zero-order chi connectivity index (χ0) is 9.90. The Morgan fingerprint density at radius 2 is 2.15 bits per heavy atom. The Balaban J connectivity index is 2.26. The summed E-state index contributed by atoms with van der Waals surface area (Å²) in [5.74, 6) is 0.873. The molecule has 1 heteroatoms. The van der Waals surface area contributed by atoms with E-state index in [9.17, 15) is 5.11 Å². The Labute approximate surface area is 82.5 Å². The maximum Gasteiger partial charge on any atom is 0.0512 e. The predicted octanol–water partition coefficient (Wildman–Crippen LogP) is 3.36. The van der Waals surface area contributed by atoms with Gasteiger partial charge in [-0.05, 0) is 43.9 Å². The lowest BCUT2D eigenvalue weighted by molar-refractivity contribution is 0.136. The van der Waals surface area contributed by atoms with Crippen molar-refractivity contribution in [3.63, 3.8) is 0 Å². The van der Waals surface area contributed by atoms with Crippen molar-refractivity contribution >= 4 is 0 Å². The molecule has 1 saturated carbocycles. The summed E-state index contributed by atoms with van der Waals surface area (Å²) < 4.78 is 0. The van der Waals surface area contributed by atoms with E-state index in [1.807, 2.05) is 6.92 Å². The van der Waals surface area contributed by atoms with Gasteiger partial charge < -0.3 is 5.11 Å². The van der Waals surface area contributed by atoms with Crippen molar-refractivity contribution in [1.29, 1.82) is 0 Å². The largest absolute Gasteiger partial charge is 0.393 e. The monoisotopic (exact) mass is 184 g/mol. The minimum Gasteiger partial charge on any atom is -0.393 e. The molecule has 13 heavy (non-hydrogen) atoms. The van der Waals surface area contributed by atoms with Gasteiger partial charge in [0.05, 0.1) is 6.10 Å². The summed E-state index contributed by atoms with van der Waals surface area (Å²) >= 11 is 0. The van der Waals surface area contributed by atoms with E-state index in [0.717, 1.165) is 12.3 Å². The molecule has 0 aromatic heterocycles. The van der Waals surface area contributed by atoms with E-state index in [1.165, 1.54) is 32.1 Å². The van der Waals surface area contributed by atoms with Crippen LogP contribution in [-0.4, -0.2) is 11.2 Å². The lowest BCUT2D eigenvalue weighted by atomic mass is 9.71. The second kappa shape index (κ2) is 4.45. The molecule has 0 saturated heterocycles. The standard InChI is InChI=1S/C12H24O/c1-10(13)6-7-11-5-4-8-12(2,3)9-11/h10-11,13H,4-9H2,1-3H3/t10-,11?/m0/s1. The molecule has 0 aromatic carbocycles. The van der Waals surface area contributed by atoms with Gasteiger partial charge in [-0.2, -0.15) is 0 Å². The quantitative estimate of drug-likeness (QED) is 0.713. The SMILES string of the molecule is C[C@H](O)CCC1CCCC(C)(C)C1. The molecule has 1 fully saturated rings. The van der Waals surface area contributed by atoms with Crippen molar-refractivity contribution in [1.82, 2.24) is 0 Å². The number of aliphatic hydroxyl groups excluding tert-OH is 1. The van der Waals surface area contributed by atoms with Crippen LogP contribution in [0.2, 0.25) is 0 Å². The van der Waals surface area contributed by atoms with Crippen molar-refractivity contribution in [3.8, 4) is 0 Å². The molecular weight excluding hydrogens is 160 g/mol. The summed E-state index contributed by atoms with van der Waals surface area (Å²) in [5, 5.41) is 9.21. The second-order valence-corrected chi connectivity index (χ2v) is 5.55. The first kappa shape index (κ1) is 11.0. The summed E-state index contributed by atoms with van der Waals surface area (Å²) in [6.45, 7) is 6.65. The molecular formula is C12H24O. The molecule has 0 aromatic rings. The molecule has 78 valence electrons. The van der Waals surface area contributed by atoms with Crippen LogP contribution in [0.5, 0.6) is 0 Å². The molecule has 0 aliphatic heterocycles. The maximum absolute atomic E-state index is 9.21. The fourth-order valence-corrected chi connectivity index (χ4v) is 2.58. The van der Waals surface area contributed by atoms with Crippen LogP contribution >= 0.6 is 0 Å². The van der Waals surface area contributed by atoms with Crippen molar-refractivity contribution in [2.75, 3.05) is 0 Å². The highest BCUT2D eigenvalue weighted by molar-refractivity contribution is 4.79. The molecule has 0 amide bonds. The van der Waals surface area contributed by atoms with Crippen LogP contribution in [0.1, 0.15) is 59.3 Å².